The van der Waals surface area contributed by atoms with Crippen molar-refractivity contribution >= 4 is 29.0 Å². The van der Waals surface area contributed by atoms with Gasteiger partial charge in [0.15, 0.2) is 5.78 Å². The lowest BCUT2D eigenvalue weighted by atomic mass is 9.79. The summed E-state index contributed by atoms with van der Waals surface area (Å²) in [5.41, 5.74) is 2.78. The molecule has 1 saturated heterocycles. The number of benzene rings is 1. The van der Waals surface area contributed by atoms with E-state index in [1.807, 2.05) is 0 Å². The highest BCUT2D eigenvalue weighted by atomic mass is 35.5. The molecular weight excluding hydrogens is 434 g/mol. The van der Waals surface area contributed by atoms with Gasteiger partial charge in [0.05, 0.1) is 22.1 Å². The van der Waals surface area contributed by atoms with Gasteiger partial charge in [-0.2, -0.15) is 0 Å². The second-order valence-corrected chi connectivity index (χ2v) is 9.16. The highest BCUT2D eigenvalue weighted by Gasteiger charge is 2.33. The van der Waals surface area contributed by atoms with Gasteiger partial charge in [0, 0.05) is 25.1 Å². The fourth-order valence-corrected chi connectivity index (χ4v) is 5.03. The number of nitro benzene ring substituents is 1. The molecule has 176 valence electrons. The molecule has 1 saturated carbocycles. The first-order chi connectivity index (χ1) is 15.4. The molecule has 2 unspecified atom stereocenters. The van der Waals surface area contributed by atoms with E-state index in [4.69, 9.17) is 16.3 Å². The van der Waals surface area contributed by atoms with Crippen LogP contribution in [0.3, 0.4) is 0 Å². The molecule has 1 aliphatic heterocycles. The van der Waals surface area contributed by atoms with Gasteiger partial charge in [-0.25, -0.2) is 5.01 Å². The summed E-state index contributed by atoms with van der Waals surface area (Å²) in [5.74, 6) is 0.635. The Morgan fingerprint density at radius 3 is 2.69 bits per heavy atom. The second-order valence-electron chi connectivity index (χ2n) is 8.75. The van der Waals surface area contributed by atoms with Gasteiger partial charge in [-0.05, 0) is 63.9 Å². The van der Waals surface area contributed by atoms with E-state index >= 15 is 0 Å². The third-order valence-electron chi connectivity index (χ3n) is 6.44. The summed E-state index contributed by atoms with van der Waals surface area (Å²) < 4.78 is 5.63. The molecule has 8 nitrogen and oxygen atoms in total. The van der Waals surface area contributed by atoms with E-state index in [1.54, 1.807) is 0 Å². The number of amides is 1. The van der Waals surface area contributed by atoms with Crippen LogP contribution in [0.25, 0.3) is 0 Å². The molecule has 0 bridgehead atoms. The molecule has 32 heavy (non-hydrogen) atoms. The number of nitrogens with one attached hydrogen (secondary N) is 1. The Bertz CT molecular complexity index is 845. The summed E-state index contributed by atoms with van der Waals surface area (Å²) in [4.78, 5) is 34.5. The Morgan fingerprint density at radius 2 is 1.94 bits per heavy atom. The monoisotopic (exact) mass is 465 g/mol. The number of nitro groups is 1. The Balaban J connectivity index is 1.38. The van der Waals surface area contributed by atoms with Crippen LogP contribution in [0.2, 0.25) is 5.02 Å². The van der Waals surface area contributed by atoms with E-state index in [0.29, 0.717) is 25.5 Å². The maximum atomic E-state index is 12.4. The van der Waals surface area contributed by atoms with Gasteiger partial charge in [-0.1, -0.05) is 24.4 Å². The molecule has 0 radical (unpaired) electrons. The number of rotatable bonds is 10. The summed E-state index contributed by atoms with van der Waals surface area (Å²) in [6.07, 6.45) is 10.2. The van der Waals surface area contributed by atoms with Crippen LogP contribution >= 0.6 is 11.6 Å². The van der Waals surface area contributed by atoms with Gasteiger partial charge >= 0.3 is 0 Å². The number of ether oxygens (including phenoxy) is 1. The van der Waals surface area contributed by atoms with Crippen molar-refractivity contribution in [3.63, 3.8) is 0 Å². The number of piperidine rings is 1. The Hall–Kier alpha value is -2.19. The minimum Gasteiger partial charge on any atom is -0.492 e. The largest absolute Gasteiger partial charge is 0.492 e. The molecule has 2 atom stereocenters. The maximum absolute atomic E-state index is 12.4. The molecule has 1 aromatic rings. The molecule has 1 aliphatic carbocycles. The van der Waals surface area contributed by atoms with Crippen LogP contribution in [0.4, 0.5) is 5.69 Å². The molecule has 1 heterocycles. The molecule has 1 aromatic carbocycles. The number of hydrogen-bond acceptors (Lipinski definition) is 6. The van der Waals surface area contributed by atoms with Crippen molar-refractivity contribution in [2.45, 2.75) is 77.2 Å². The second kappa shape index (κ2) is 11.6. The van der Waals surface area contributed by atoms with Crippen molar-refractivity contribution in [3.05, 3.63) is 32.8 Å². The highest BCUT2D eigenvalue weighted by molar-refractivity contribution is 6.32. The molecule has 0 aromatic heterocycles. The van der Waals surface area contributed by atoms with Gasteiger partial charge in [-0.15, -0.1) is 0 Å². The highest BCUT2D eigenvalue weighted by Crippen LogP contribution is 2.35. The molecule has 2 aliphatic rings. The predicted octanol–water partition coefficient (Wildman–Crippen LogP) is 5.08. The van der Waals surface area contributed by atoms with Crippen LogP contribution in [-0.2, 0) is 4.79 Å². The standard InChI is InChI=1S/C23H32ClN3O5/c1-16(28)18-14-22(19(24)15-21(18)27(30)31)32-13-6-2-3-11-23(29)25-26-12-7-9-17-8-4-5-10-20(17)26/h14-15,17,20H,2-13H2,1H3,(H,25,29). The summed E-state index contributed by atoms with van der Waals surface area (Å²) in [5, 5.41) is 13.4. The zero-order valence-electron chi connectivity index (χ0n) is 18.6. The fraction of sp³-hybridized carbons (Fsp3) is 0.652. The Morgan fingerprint density at radius 1 is 1.19 bits per heavy atom. The Labute approximate surface area is 193 Å². The smallest absolute Gasteiger partial charge is 0.281 e. The predicted molar refractivity (Wildman–Crippen MR) is 122 cm³/mol. The SMILES string of the molecule is CC(=O)c1cc(OCCCCCC(=O)NN2CCCC3CCCCC32)c(Cl)cc1[N+](=O)[O-]. The lowest BCUT2D eigenvalue weighted by Gasteiger charge is -2.43. The van der Waals surface area contributed by atoms with Crippen molar-refractivity contribution in [3.8, 4) is 5.75 Å². The van der Waals surface area contributed by atoms with Crippen LogP contribution < -0.4 is 10.2 Å². The Kier molecular flexibility index (Phi) is 8.87. The maximum Gasteiger partial charge on any atom is 0.281 e. The normalized spacial score (nSPS) is 20.9. The third kappa shape index (κ3) is 6.42. The summed E-state index contributed by atoms with van der Waals surface area (Å²) >= 11 is 6.07. The summed E-state index contributed by atoms with van der Waals surface area (Å²) in [7, 11) is 0. The van der Waals surface area contributed by atoms with Crippen molar-refractivity contribution in [1.82, 2.24) is 10.4 Å². The first kappa shape index (κ1) is 24.5. The van der Waals surface area contributed by atoms with Crippen LogP contribution in [0.15, 0.2) is 12.1 Å². The average Bonchev–Trinajstić information content (AvgIpc) is 2.76. The molecule has 1 amide bonds. The van der Waals surface area contributed by atoms with E-state index < -0.39 is 10.7 Å². The summed E-state index contributed by atoms with van der Waals surface area (Å²) in [6.45, 7) is 2.56. The molecule has 9 heteroatoms. The van der Waals surface area contributed by atoms with E-state index in [2.05, 4.69) is 10.4 Å². The minimum absolute atomic E-state index is 0.0241. The molecule has 1 N–H and O–H groups in total. The zero-order chi connectivity index (χ0) is 23.1. The van der Waals surface area contributed by atoms with Gasteiger partial charge in [0.1, 0.15) is 5.75 Å². The van der Waals surface area contributed by atoms with E-state index in [0.717, 1.165) is 37.8 Å². The fourth-order valence-electron chi connectivity index (χ4n) is 4.81. The van der Waals surface area contributed by atoms with Crippen molar-refractivity contribution in [2.24, 2.45) is 5.92 Å². The molecule has 0 spiro atoms. The summed E-state index contributed by atoms with van der Waals surface area (Å²) in [6, 6.07) is 2.98. The van der Waals surface area contributed by atoms with Gasteiger partial charge in [0.2, 0.25) is 5.91 Å². The first-order valence-electron chi connectivity index (χ1n) is 11.5. The van der Waals surface area contributed by atoms with E-state index in [1.165, 1.54) is 45.1 Å². The van der Waals surface area contributed by atoms with E-state index in [9.17, 15) is 19.7 Å². The van der Waals surface area contributed by atoms with Crippen LogP contribution in [0.5, 0.6) is 5.75 Å². The number of hydrazine groups is 1. The number of unbranched alkanes of at least 4 members (excludes halogenated alkanes) is 2. The van der Waals surface area contributed by atoms with Crippen LogP contribution in [0, 0.1) is 16.0 Å². The topological polar surface area (TPSA) is 102 Å². The van der Waals surface area contributed by atoms with Crippen molar-refractivity contribution in [2.75, 3.05) is 13.2 Å². The number of nitrogens with zero attached hydrogens (tertiary/aromatic N) is 2. The van der Waals surface area contributed by atoms with Crippen molar-refractivity contribution in [1.29, 1.82) is 0 Å². The number of Topliss-reactive ketones (excluding diaryl/α,β-unsaturated/α-hetero) is 1. The number of halogens is 1. The number of fused-ring (bicyclic) bond motifs is 1. The number of carbonyl (C=O) groups is 2. The first-order valence-corrected chi connectivity index (χ1v) is 11.9. The molecule has 2 fully saturated rings. The molecule has 3 rings (SSSR count). The van der Waals surface area contributed by atoms with Crippen LogP contribution in [-0.4, -0.2) is 40.8 Å². The number of carbonyl (C=O) groups excluding carboxylic acids is 2. The van der Waals surface area contributed by atoms with Gasteiger partial charge in [0.25, 0.3) is 5.69 Å². The number of hydrogen-bond donors (Lipinski definition) is 1. The number of ketones is 1. The van der Waals surface area contributed by atoms with E-state index in [-0.39, 0.29) is 27.9 Å². The minimum atomic E-state index is -0.629. The van der Waals surface area contributed by atoms with Crippen molar-refractivity contribution < 1.29 is 19.2 Å². The quantitative estimate of drug-likeness (QED) is 0.224. The molecular formula is C23H32ClN3O5. The van der Waals surface area contributed by atoms with Crippen LogP contribution in [0.1, 0.15) is 81.5 Å². The lowest BCUT2D eigenvalue weighted by molar-refractivity contribution is -0.385. The zero-order valence-corrected chi connectivity index (χ0v) is 19.4. The average molecular weight is 466 g/mol. The lowest BCUT2D eigenvalue weighted by Crippen LogP contribution is -2.55. The van der Waals surface area contributed by atoms with Gasteiger partial charge in [-0.3, -0.25) is 25.1 Å². The van der Waals surface area contributed by atoms with Gasteiger partial charge < -0.3 is 4.74 Å². The third-order valence-corrected chi connectivity index (χ3v) is 6.74.